The number of ether oxygens (including phenoxy) is 1. The Hall–Kier alpha value is -3.59. The molecule has 0 spiro atoms. The molecule has 0 aromatic heterocycles. The maximum Gasteiger partial charge on any atom is 0.472 e. The zero-order valence-electron chi connectivity index (χ0n) is 53.7. The van der Waals surface area contributed by atoms with Crippen molar-refractivity contribution in [3.63, 3.8) is 0 Å². The topological polar surface area (TPSA) is 111 Å². The largest absolute Gasteiger partial charge is 0.472 e. The number of phosphoric ester groups is 1. The van der Waals surface area contributed by atoms with E-state index < -0.39 is 20.0 Å². The van der Waals surface area contributed by atoms with E-state index in [1.54, 1.807) is 0 Å². The Bertz CT molecular complexity index is 1820. The Morgan fingerprint density at radius 3 is 1.20 bits per heavy atom. The maximum atomic E-state index is 13.6. The molecular formula is C72H126N2O7P+. The SMILES string of the molecule is CC/C=C\C/C=C\C/C=C\C/C=C\C/C=C\CCCCCCCCCC(=O)NC(COP(=O)(O)OCC[N+](C)(C)C)C(/C=C/CCCCCCCCCCCC)OC(=O)CCCCCCC/C=C\C/C=C\C/C=C\C/C=C\CCCCC. The van der Waals surface area contributed by atoms with Crippen molar-refractivity contribution < 1.29 is 37.3 Å². The number of carbonyl (C=O) groups is 2. The van der Waals surface area contributed by atoms with Crippen LogP contribution in [0.3, 0.4) is 0 Å². The fourth-order valence-corrected chi connectivity index (χ4v) is 9.74. The molecule has 9 nitrogen and oxygen atoms in total. The van der Waals surface area contributed by atoms with Gasteiger partial charge in [0.25, 0.3) is 0 Å². The van der Waals surface area contributed by atoms with Crippen LogP contribution in [0.15, 0.2) is 122 Å². The third kappa shape index (κ3) is 61.0. The first-order valence-electron chi connectivity index (χ1n) is 33.4. The van der Waals surface area contributed by atoms with Crippen molar-refractivity contribution in [2.24, 2.45) is 0 Å². The highest BCUT2D eigenvalue weighted by molar-refractivity contribution is 7.47. The first kappa shape index (κ1) is 78.4. The molecule has 2 N–H and O–H groups in total. The third-order valence-corrected chi connectivity index (χ3v) is 15.1. The highest BCUT2D eigenvalue weighted by Gasteiger charge is 2.30. The molecule has 3 atom stereocenters. The summed E-state index contributed by atoms with van der Waals surface area (Å²) in [5.41, 5.74) is 0. The average molecular weight is 1160 g/mol. The van der Waals surface area contributed by atoms with E-state index >= 15 is 0 Å². The van der Waals surface area contributed by atoms with Crippen molar-refractivity contribution >= 4 is 19.7 Å². The number of esters is 1. The van der Waals surface area contributed by atoms with Gasteiger partial charge >= 0.3 is 13.8 Å². The normalized spacial score (nSPS) is 14.4. The van der Waals surface area contributed by atoms with Crippen LogP contribution in [0.2, 0.25) is 0 Å². The van der Waals surface area contributed by atoms with E-state index in [9.17, 15) is 19.0 Å². The van der Waals surface area contributed by atoms with Gasteiger partial charge in [-0.15, -0.1) is 0 Å². The number of hydrogen-bond donors (Lipinski definition) is 2. The number of allylic oxidation sites excluding steroid dienone is 19. The molecule has 0 aromatic rings. The van der Waals surface area contributed by atoms with Gasteiger partial charge in [-0.1, -0.05) is 258 Å². The lowest BCUT2D eigenvalue weighted by atomic mass is 10.0. The lowest BCUT2D eigenvalue weighted by Gasteiger charge is -2.27. The molecular weight excluding hydrogens is 1040 g/mol. The van der Waals surface area contributed by atoms with E-state index in [2.05, 4.69) is 135 Å². The van der Waals surface area contributed by atoms with Crippen LogP contribution in [0.4, 0.5) is 0 Å². The fraction of sp³-hybridized carbons (Fsp3) is 0.694. The molecule has 0 aliphatic heterocycles. The number of rotatable bonds is 59. The van der Waals surface area contributed by atoms with Gasteiger partial charge in [-0.05, 0) is 122 Å². The summed E-state index contributed by atoms with van der Waals surface area (Å²) in [5, 5.41) is 3.05. The number of hydrogen-bond acceptors (Lipinski definition) is 6. The van der Waals surface area contributed by atoms with Crippen LogP contribution in [0.1, 0.15) is 271 Å². The molecule has 0 aliphatic rings. The van der Waals surface area contributed by atoms with Crippen LogP contribution >= 0.6 is 7.82 Å². The zero-order valence-corrected chi connectivity index (χ0v) is 54.6. The van der Waals surface area contributed by atoms with Gasteiger partial charge in [0, 0.05) is 12.8 Å². The standard InChI is InChI=1S/C72H125N2O7P/c1-7-10-13-16-19-22-25-28-30-32-34-36-37-39-40-42-44-46-49-52-55-58-61-64-71(75)73-69(68-80-82(77,78)79-67-66-74(4,5)6)70(63-60-57-54-51-48-27-24-21-18-15-12-9-3)81-72(76)65-62-59-56-53-50-47-45-43-41-38-35-33-31-29-26-23-20-17-14-11-8-2/h10,13,19-20,22-23,28-31,34-36,38-40,43,45,60,63,69-70H,7-9,11-12,14-18,21,24-27,32-33,37,41-42,44,46-59,61-62,64-68H2,1-6H3,(H-,73,75,77,78)/p+1/b13-10-,22-19-,23-20-,30-28-,31-29-,36-34-,38-35-,40-39-,45-43-,63-60+. The minimum atomic E-state index is -4.47. The van der Waals surface area contributed by atoms with Gasteiger partial charge < -0.3 is 19.4 Å². The number of phosphoric acid groups is 1. The first-order chi connectivity index (χ1) is 39.9. The van der Waals surface area contributed by atoms with E-state index in [0.717, 1.165) is 135 Å². The second-order valence-corrected chi connectivity index (χ2v) is 24.7. The average Bonchev–Trinajstić information content (AvgIpc) is 3.47. The number of likely N-dealkylation sites (N-methyl/N-ethyl adjacent to an activating group) is 1. The van der Waals surface area contributed by atoms with Crippen LogP contribution in [-0.2, 0) is 27.9 Å². The predicted octanol–water partition coefficient (Wildman–Crippen LogP) is 21.1. The van der Waals surface area contributed by atoms with Gasteiger partial charge in [0.05, 0.1) is 33.8 Å². The van der Waals surface area contributed by atoms with Crippen molar-refractivity contribution in [2.45, 2.75) is 283 Å². The van der Waals surface area contributed by atoms with Gasteiger partial charge in [-0.25, -0.2) is 4.57 Å². The highest BCUT2D eigenvalue weighted by atomic mass is 31.2. The van der Waals surface area contributed by atoms with Crippen LogP contribution in [-0.4, -0.2) is 74.3 Å². The van der Waals surface area contributed by atoms with Crippen molar-refractivity contribution in [2.75, 3.05) is 40.9 Å². The van der Waals surface area contributed by atoms with Gasteiger partial charge in [0.2, 0.25) is 5.91 Å². The van der Waals surface area contributed by atoms with Crippen LogP contribution in [0.5, 0.6) is 0 Å². The van der Waals surface area contributed by atoms with E-state index in [0.29, 0.717) is 23.9 Å². The molecule has 0 bridgehead atoms. The Morgan fingerprint density at radius 1 is 0.439 bits per heavy atom. The Labute approximate surface area is 505 Å². The van der Waals surface area contributed by atoms with Gasteiger partial charge in [0.15, 0.2) is 0 Å². The van der Waals surface area contributed by atoms with Crippen LogP contribution in [0.25, 0.3) is 0 Å². The zero-order chi connectivity index (χ0) is 60.0. The van der Waals surface area contributed by atoms with Crippen molar-refractivity contribution in [1.29, 1.82) is 0 Å². The molecule has 82 heavy (non-hydrogen) atoms. The van der Waals surface area contributed by atoms with E-state index in [-0.39, 0.29) is 31.5 Å². The van der Waals surface area contributed by atoms with Crippen LogP contribution < -0.4 is 5.32 Å². The summed E-state index contributed by atoms with van der Waals surface area (Å²) in [6.45, 7) is 6.84. The Kier molecular flexibility index (Phi) is 57.9. The van der Waals surface area contributed by atoms with Gasteiger partial charge in [-0.2, -0.15) is 0 Å². The van der Waals surface area contributed by atoms with E-state index in [1.165, 1.54) is 96.3 Å². The molecule has 0 rings (SSSR count). The summed E-state index contributed by atoms with van der Waals surface area (Å²) in [4.78, 5) is 37.8. The lowest BCUT2D eigenvalue weighted by Crippen LogP contribution is -2.47. The molecule has 10 heteroatoms. The molecule has 0 aliphatic carbocycles. The molecule has 0 saturated heterocycles. The van der Waals surface area contributed by atoms with Crippen molar-refractivity contribution in [1.82, 2.24) is 5.32 Å². The van der Waals surface area contributed by atoms with Crippen molar-refractivity contribution in [3.05, 3.63) is 122 Å². The molecule has 0 radical (unpaired) electrons. The fourth-order valence-electron chi connectivity index (χ4n) is 9.01. The molecule has 0 fully saturated rings. The summed E-state index contributed by atoms with van der Waals surface area (Å²) in [6.07, 6.45) is 84.8. The summed E-state index contributed by atoms with van der Waals surface area (Å²) < 4.78 is 30.7. The number of unbranched alkanes of at least 4 members (excludes halogenated alkanes) is 25. The molecule has 0 heterocycles. The Morgan fingerprint density at radius 2 is 0.780 bits per heavy atom. The minimum absolute atomic E-state index is 0.0281. The maximum absolute atomic E-state index is 13.6. The number of carbonyl (C=O) groups excluding carboxylic acids is 2. The smallest absolute Gasteiger partial charge is 0.456 e. The molecule has 0 saturated carbocycles. The summed E-state index contributed by atoms with van der Waals surface area (Å²) >= 11 is 0. The van der Waals surface area contributed by atoms with Crippen molar-refractivity contribution in [3.8, 4) is 0 Å². The highest BCUT2D eigenvalue weighted by Crippen LogP contribution is 2.43. The van der Waals surface area contributed by atoms with Gasteiger partial charge in [-0.3, -0.25) is 18.6 Å². The Balaban J connectivity index is 5.24. The van der Waals surface area contributed by atoms with Gasteiger partial charge in [0.1, 0.15) is 19.3 Å². The van der Waals surface area contributed by atoms with Crippen LogP contribution in [0, 0.1) is 0 Å². The lowest BCUT2D eigenvalue weighted by molar-refractivity contribution is -0.870. The van der Waals surface area contributed by atoms with E-state index in [1.807, 2.05) is 33.3 Å². The molecule has 3 unspecified atom stereocenters. The quantitative estimate of drug-likeness (QED) is 0.0205. The number of amides is 1. The summed E-state index contributed by atoms with van der Waals surface area (Å²) in [7, 11) is 1.46. The summed E-state index contributed by atoms with van der Waals surface area (Å²) in [6, 6.07) is -0.872. The predicted molar refractivity (Wildman–Crippen MR) is 355 cm³/mol. The monoisotopic (exact) mass is 1160 g/mol. The second kappa shape index (κ2) is 60.5. The second-order valence-electron chi connectivity index (χ2n) is 23.3. The summed E-state index contributed by atoms with van der Waals surface area (Å²) in [5.74, 6) is -0.544. The number of nitrogens with one attached hydrogen (secondary N) is 1. The molecule has 470 valence electrons. The first-order valence-corrected chi connectivity index (χ1v) is 34.9. The number of nitrogens with zero attached hydrogens (tertiary/aromatic N) is 1. The van der Waals surface area contributed by atoms with E-state index in [4.69, 9.17) is 13.8 Å². The third-order valence-electron chi connectivity index (χ3n) is 14.1. The number of quaternary nitrogens is 1. The molecule has 0 aromatic carbocycles. The minimum Gasteiger partial charge on any atom is -0.456 e. The molecule has 1 amide bonds.